The molecule has 1 N–H and O–H groups in total. The van der Waals surface area contributed by atoms with Gasteiger partial charge in [0.05, 0.1) is 5.69 Å². The molecule has 0 aliphatic heterocycles. The van der Waals surface area contributed by atoms with Gasteiger partial charge in [0.1, 0.15) is 12.0 Å². The number of hydrogen-bond donors (Lipinski definition) is 1. The summed E-state index contributed by atoms with van der Waals surface area (Å²) >= 11 is 0. The number of nitrogens with zero attached hydrogens (tertiary/aromatic N) is 1. The highest BCUT2D eigenvalue weighted by atomic mass is 16.6. The van der Waals surface area contributed by atoms with Crippen molar-refractivity contribution in [3.63, 3.8) is 0 Å². The van der Waals surface area contributed by atoms with Crippen LogP contribution in [0.3, 0.4) is 0 Å². The van der Waals surface area contributed by atoms with Gasteiger partial charge in [-0.1, -0.05) is 26.0 Å². The van der Waals surface area contributed by atoms with Crippen molar-refractivity contribution in [3.05, 3.63) is 41.8 Å². The minimum Gasteiger partial charge on any atom is -0.417 e. The highest BCUT2D eigenvalue weighted by Crippen LogP contribution is 2.24. The van der Waals surface area contributed by atoms with Crippen molar-refractivity contribution in [2.45, 2.75) is 52.6 Å². The molecule has 0 spiro atoms. The second-order valence-corrected chi connectivity index (χ2v) is 6.54. The van der Waals surface area contributed by atoms with Gasteiger partial charge in [0, 0.05) is 12.1 Å². The van der Waals surface area contributed by atoms with Crippen LogP contribution in [0.4, 0.5) is 0 Å². The van der Waals surface area contributed by atoms with E-state index >= 15 is 0 Å². The molecule has 0 aliphatic rings. The lowest BCUT2D eigenvalue weighted by atomic mass is 10.0. The summed E-state index contributed by atoms with van der Waals surface area (Å²) in [5.41, 5.74) is 2.11. The van der Waals surface area contributed by atoms with E-state index in [1.807, 2.05) is 18.2 Å². The number of nitrogens with one attached hydrogen (secondary N) is 1. The quantitative estimate of drug-likeness (QED) is 0.881. The highest BCUT2D eigenvalue weighted by molar-refractivity contribution is 5.31. The van der Waals surface area contributed by atoms with Gasteiger partial charge < -0.3 is 14.5 Å². The maximum atomic E-state index is 5.68. The van der Waals surface area contributed by atoms with Crippen LogP contribution >= 0.6 is 0 Å². The minimum absolute atomic E-state index is 0.0472. The lowest BCUT2D eigenvalue weighted by Crippen LogP contribution is -2.35. The zero-order chi connectivity index (χ0) is 15.5. The zero-order valence-electron chi connectivity index (χ0n) is 13.4. The Hall–Kier alpha value is -1.81. The van der Waals surface area contributed by atoms with Gasteiger partial charge in [-0.25, -0.2) is 0 Å². The standard InChI is InChI=1S/C17H24N2O2/c1-12(2)13-7-6-8-15(9-13)21-16-19-14(11-20-16)10-18-17(3,4)5/h6-9,11-12,18H,10H2,1-5H3. The van der Waals surface area contributed by atoms with Gasteiger partial charge in [0.15, 0.2) is 0 Å². The molecule has 0 aliphatic carbocycles. The van der Waals surface area contributed by atoms with Gasteiger partial charge in [0.25, 0.3) is 0 Å². The Labute approximate surface area is 126 Å². The third kappa shape index (κ3) is 4.90. The molecule has 0 fully saturated rings. The predicted octanol–water partition coefficient (Wildman–Crippen LogP) is 4.48. The summed E-state index contributed by atoms with van der Waals surface area (Å²) in [5.74, 6) is 1.21. The number of benzene rings is 1. The minimum atomic E-state index is 0.0472. The van der Waals surface area contributed by atoms with E-state index in [0.717, 1.165) is 11.4 Å². The Morgan fingerprint density at radius 3 is 2.71 bits per heavy atom. The van der Waals surface area contributed by atoms with E-state index in [-0.39, 0.29) is 11.6 Å². The molecule has 21 heavy (non-hydrogen) atoms. The van der Waals surface area contributed by atoms with Crippen LogP contribution in [0.2, 0.25) is 0 Å². The van der Waals surface area contributed by atoms with E-state index < -0.39 is 0 Å². The number of hydrogen-bond acceptors (Lipinski definition) is 4. The smallest absolute Gasteiger partial charge is 0.399 e. The average molecular weight is 288 g/mol. The van der Waals surface area contributed by atoms with E-state index in [9.17, 15) is 0 Å². The van der Waals surface area contributed by atoms with Crippen LogP contribution < -0.4 is 10.1 Å². The molecule has 2 rings (SSSR count). The Bertz CT molecular complexity index is 582. The molecule has 4 nitrogen and oxygen atoms in total. The molecule has 0 atom stereocenters. The fraction of sp³-hybridized carbons (Fsp3) is 0.471. The van der Waals surface area contributed by atoms with Crippen LogP contribution in [0, 0.1) is 0 Å². The normalized spacial score (nSPS) is 11.9. The predicted molar refractivity (Wildman–Crippen MR) is 83.7 cm³/mol. The molecular formula is C17H24N2O2. The van der Waals surface area contributed by atoms with Crippen molar-refractivity contribution >= 4 is 0 Å². The summed E-state index contributed by atoms with van der Waals surface area (Å²) in [4.78, 5) is 4.33. The molecule has 114 valence electrons. The number of rotatable bonds is 5. The third-order valence-electron chi connectivity index (χ3n) is 3.06. The molecule has 0 amide bonds. The second-order valence-electron chi connectivity index (χ2n) is 6.54. The molecule has 0 bridgehead atoms. The van der Waals surface area contributed by atoms with Crippen LogP contribution in [0.1, 0.15) is 51.8 Å². The summed E-state index contributed by atoms with van der Waals surface area (Å²) in [5, 5.41) is 3.36. The molecule has 0 radical (unpaired) electrons. The van der Waals surface area contributed by atoms with E-state index in [1.165, 1.54) is 5.56 Å². The van der Waals surface area contributed by atoms with Gasteiger partial charge in [-0.15, -0.1) is 0 Å². The summed E-state index contributed by atoms with van der Waals surface area (Å²) in [6.07, 6.45) is 1.90. The van der Waals surface area contributed by atoms with Crippen molar-refractivity contribution in [3.8, 4) is 11.8 Å². The maximum Gasteiger partial charge on any atom is 0.399 e. The zero-order valence-corrected chi connectivity index (χ0v) is 13.4. The molecule has 4 heteroatoms. The van der Waals surface area contributed by atoms with Crippen LogP contribution in [0.5, 0.6) is 11.8 Å². The number of ether oxygens (including phenoxy) is 1. The van der Waals surface area contributed by atoms with Gasteiger partial charge in [-0.05, 0) is 44.4 Å². The fourth-order valence-electron chi connectivity index (χ4n) is 1.81. The first-order chi connectivity index (χ1) is 9.83. The molecule has 1 heterocycles. The average Bonchev–Trinajstić information content (AvgIpc) is 2.83. The first-order valence-corrected chi connectivity index (χ1v) is 7.31. The lowest BCUT2D eigenvalue weighted by Gasteiger charge is -2.19. The largest absolute Gasteiger partial charge is 0.417 e. The Morgan fingerprint density at radius 1 is 1.29 bits per heavy atom. The fourth-order valence-corrected chi connectivity index (χ4v) is 1.81. The SMILES string of the molecule is CC(C)c1cccc(Oc2nc(CNC(C)(C)C)co2)c1. The van der Waals surface area contributed by atoms with Gasteiger partial charge in [-0.2, -0.15) is 4.98 Å². The monoisotopic (exact) mass is 288 g/mol. The highest BCUT2D eigenvalue weighted by Gasteiger charge is 2.12. The lowest BCUT2D eigenvalue weighted by molar-refractivity contribution is 0.330. The summed E-state index contributed by atoms with van der Waals surface area (Å²) in [6, 6.07) is 7.99. The van der Waals surface area contributed by atoms with Gasteiger partial charge >= 0.3 is 6.08 Å². The van der Waals surface area contributed by atoms with Crippen LogP contribution in [-0.4, -0.2) is 10.5 Å². The van der Waals surface area contributed by atoms with Crippen LogP contribution in [0.15, 0.2) is 34.9 Å². The van der Waals surface area contributed by atoms with E-state index in [4.69, 9.17) is 9.15 Å². The Morgan fingerprint density at radius 2 is 2.05 bits per heavy atom. The molecule has 0 saturated carbocycles. The van der Waals surface area contributed by atoms with E-state index in [2.05, 4.69) is 51.0 Å². The topological polar surface area (TPSA) is 47.3 Å². The van der Waals surface area contributed by atoms with Crippen molar-refractivity contribution in [1.82, 2.24) is 10.3 Å². The van der Waals surface area contributed by atoms with Crippen molar-refractivity contribution in [1.29, 1.82) is 0 Å². The molecule has 2 aromatic rings. The van der Waals surface area contributed by atoms with Crippen molar-refractivity contribution in [2.75, 3.05) is 0 Å². The summed E-state index contributed by atoms with van der Waals surface area (Å²) < 4.78 is 11.0. The summed E-state index contributed by atoms with van der Waals surface area (Å²) in [6.45, 7) is 11.3. The van der Waals surface area contributed by atoms with Crippen LogP contribution in [-0.2, 0) is 6.54 Å². The summed E-state index contributed by atoms with van der Waals surface area (Å²) in [7, 11) is 0. The Balaban J connectivity index is 2.00. The molecule has 0 unspecified atom stereocenters. The van der Waals surface area contributed by atoms with Crippen LogP contribution in [0.25, 0.3) is 0 Å². The third-order valence-corrected chi connectivity index (χ3v) is 3.06. The Kier molecular flexibility index (Phi) is 4.68. The number of aromatic nitrogens is 1. The van der Waals surface area contributed by atoms with Gasteiger partial charge in [0.2, 0.25) is 0 Å². The molecule has 1 aromatic carbocycles. The van der Waals surface area contributed by atoms with Crippen molar-refractivity contribution < 1.29 is 9.15 Å². The molecule has 0 saturated heterocycles. The van der Waals surface area contributed by atoms with E-state index in [1.54, 1.807) is 6.26 Å². The molecule has 1 aromatic heterocycles. The molecular weight excluding hydrogens is 264 g/mol. The maximum absolute atomic E-state index is 5.68. The number of oxazole rings is 1. The van der Waals surface area contributed by atoms with Crippen molar-refractivity contribution in [2.24, 2.45) is 0 Å². The second kappa shape index (κ2) is 6.31. The van der Waals surface area contributed by atoms with E-state index in [0.29, 0.717) is 12.5 Å². The first-order valence-electron chi connectivity index (χ1n) is 7.31. The van der Waals surface area contributed by atoms with Gasteiger partial charge in [-0.3, -0.25) is 0 Å². The first kappa shape index (κ1) is 15.6.